The van der Waals surface area contributed by atoms with Crippen LogP contribution in [0.2, 0.25) is 0 Å². The van der Waals surface area contributed by atoms with Crippen LogP contribution >= 0.6 is 0 Å². The summed E-state index contributed by atoms with van der Waals surface area (Å²) in [6.07, 6.45) is 0.991. The van der Waals surface area contributed by atoms with E-state index in [2.05, 4.69) is 10.0 Å². The Morgan fingerprint density at radius 2 is 1.86 bits per heavy atom. The van der Waals surface area contributed by atoms with Crippen molar-refractivity contribution in [2.45, 2.75) is 36.4 Å². The maximum Gasteiger partial charge on any atom is 0.243 e. The summed E-state index contributed by atoms with van der Waals surface area (Å²) in [5.74, 6) is -0.629. The number of benzene rings is 2. The summed E-state index contributed by atoms with van der Waals surface area (Å²) >= 11 is 0. The van der Waals surface area contributed by atoms with E-state index in [1.54, 1.807) is 24.3 Å². The number of rotatable bonds is 10. The lowest BCUT2D eigenvalue weighted by Gasteiger charge is -2.28. The highest BCUT2D eigenvalue weighted by atomic mass is 32.2. The standard InChI is InChI=1S/C23H29N5O6S/c1-34-17-8-10-18(11-9-17)35(32,33)27-19(14-29)23(31)28-12-2-3-20(28)22(30)26-13-15-4-6-16(7-5-15)21(24)25/h4-11,19-20,27,29H,2-3,12-14H2,1H3,(H3,24,25)(H,26,30)/t19-,20-/m0/s1. The summed E-state index contributed by atoms with van der Waals surface area (Å²) in [6.45, 7) is -0.282. The van der Waals surface area contributed by atoms with Crippen molar-refractivity contribution in [3.05, 3.63) is 59.7 Å². The van der Waals surface area contributed by atoms with Gasteiger partial charge in [0.15, 0.2) is 0 Å². The number of carbonyl (C=O) groups excluding carboxylic acids is 2. The Morgan fingerprint density at radius 3 is 2.43 bits per heavy atom. The van der Waals surface area contributed by atoms with Crippen LogP contribution < -0.4 is 20.5 Å². The van der Waals surface area contributed by atoms with E-state index >= 15 is 0 Å². The number of methoxy groups -OCH3 is 1. The van der Waals surface area contributed by atoms with Gasteiger partial charge in [0.2, 0.25) is 21.8 Å². The first kappa shape index (κ1) is 26.1. The fourth-order valence-corrected chi connectivity index (χ4v) is 4.97. The molecule has 0 aromatic heterocycles. The van der Waals surface area contributed by atoms with E-state index in [4.69, 9.17) is 15.9 Å². The van der Waals surface area contributed by atoms with Crippen molar-refractivity contribution in [1.82, 2.24) is 14.9 Å². The van der Waals surface area contributed by atoms with Gasteiger partial charge in [-0.3, -0.25) is 15.0 Å². The van der Waals surface area contributed by atoms with E-state index in [1.807, 2.05) is 0 Å². The van der Waals surface area contributed by atoms with Crippen molar-refractivity contribution >= 4 is 27.7 Å². The highest BCUT2D eigenvalue weighted by molar-refractivity contribution is 7.89. The molecule has 2 aromatic rings. The first-order chi connectivity index (χ1) is 16.7. The molecule has 0 saturated carbocycles. The fraction of sp³-hybridized carbons (Fsp3) is 0.348. The molecule has 1 aliphatic heterocycles. The van der Waals surface area contributed by atoms with Crippen LogP contribution in [-0.4, -0.2) is 68.4 Å². The number of nitrogen functional groups attached to an aromatic ring is 1. The fourth-order valence-electron chi connectivity index (χ4n) is 3.79. The Labute approximate surface area is 203 Å². The summed E-state index contributed by atoms with van der Waals surface area (Å²) in [6, 6.07) is 10.2. The molecule has 1 heterocycles. The number of nitrogens with one attached hydrogen (secondary N) is 3. The van der Waals surface area contributed by atoms with E-state index < -0.39 is 34.6 Å². The second kappa shape index (κ2) is 11.3. The molecule has 0 aliphatic carbocycles. The van der Waals surface area contributed by atoms with Crippen LogP contribution in [0.1, 0.15) is 24.0 Å². The monoisotopic (exact) mass is 503 g/mol. The number of aliphatic hydroxyl groups excluding tert-OH is 1. The van der Waals surface area contributed by atoms with Crippen molar-refractivity contribution in [1.29, 1.82) is 5.41 Å². The number of amidine groups is 1. The summed E-state index contributed by atoms with van der Waals surface area (Å²) in [5, 5.41) is 20.0. The number of likely N-dealkylation sites (tertiary alicyclic amines) is 1. The van der Waals surface area contributed by atoms with Gasteiger partial charge in [0.25, 0.3) is 0 Å². The van der Waals surface area contributed by atoms with Gasteiger partial charge >= 0.3 is 0 Å². The van der Waals surface area contributed by atoms with E-state index in [1.165, 1.54) is 36.3 Å². The third kappa shape index (κ3) is 6.35. The molecule has 1 saturated heterocycles. The molecule has 0 spiro atoms. The number of aliphatic hydroxyl groups is 1. The van der Waals surface area contributed by atoms with Crippen molar-refractivity contribution in [3.63, 3.8) is 0 Å². The maximum atomic E-state index is 13.1. The second-order valence-corrected chi connectivity index (χ2v) is 9.76. The smallest absolute Gasteiger partial charge is 0.243 e. The van der Waals surface area contributed by atoms with Gasteiger partial charge in [-0.05, 0) is 42.7 Å². The lowest BCUT2D eigenvalue weighted by atomic mass is 10.1. The van der Waals surface area contributed by atoms with Gasteiger partial charge in [-0.15, -0.1) is 0 Å². The zero-order valence-corrected chi connectivity index (χ0v) is 20.0. The van der Waals surface area contributed by atoms with Gasteiger partial charge in [0.05, 0.1) is 18.6 Å². The van der Waals surface area contributed by atoms with Crippen LogP contribution in [0.4, 0.5) is 0 Å². The first-order valence-corrected chi connectivity index (χ1v) is 12.4. The Bertz CT molecular complexity index is 1170. The highest BCUT2D eigenvalue weighted by Crippen LogP contribution is 2.20. The molecule has 35 heavy (non-hydrogen) atoms. The molecule has 2 aromatic carbocycles. The van der Waals surface area contributed by atoms with E-state index in [0.29, 0.717) is 24.2 Å². The number of carbonyl (C=O) groups is 2. The summed E-state index contributed by atoms with van der Waals surface area (Å²) in [7, 11) is -2.65. The zero-order valence-electron chi connectivity index (χ0n) is 19.2. The van der Waals surface area contributed by atoms with Gasteiger partial charge < -0.3 is 25.8 Å². The predicted octanol–water partition coefficient (Wildman–Crippen LogP) is -0.0741. The molecule has 1 aliphatic rings. The van der Waals surface area contributed by atoms with Crippen molar-refractivity contribution < 1.29 is 27.9 Å². The van der Waals surface area contributed by atoms with Gasteiger partial charge in [-0.25, -0.2) is 8.42 Å². The van der Waals surface area contributed by atoms with Gasteiger partial charge in [0, 0.05) is 18.7 Å². The minimum atomic E-state index is -4.10. The van der Waals surface area contributed by atoms with Crippen LogP contribution in [0, 0.1) is 5.41 Å². The number of hydrogen-bond donors (Lipinski definition) is 5. The number of ether oxygens (including phenoxy) is 1. The molecule has 12 heteroatoms. The van der Waals surface area contributed by atoms with Crippen LogP contribution in [0.15, 0.2) is 53.4 Å². The average molecular weight is 504 g/mol. The van der Waals surface area contributed by atoms with Crippen LogP contribution in [0.3, 0.4) is 0 Å². The number of hydrogen-bond acceptors (Lipinski definition) is 7. The molecular weight excluding hydrogens is 474 g/mol. The summed E-state index contributed by atoms with van der Waals surface area (Å²) < 4.78 is 32.7. The van der Waals surface area contributed by atoms with Crippen LogP contribution in [0.25, 0.3) is 0 Å². The van der Waals surface area contributed by atoms with E-state index in [-0.39, 0.29) is 29.7 Å². The molecule has 3 rings (SSSR count). The molecule has 0 unspecified atom stereocenters. The number of nitrogens with two attached hydrogens (primary N) is 1. The number of amides is 2. The molecular formula is C23H29N5O6S. The Balaban J connectivity index is 1.64. The quantitative estimate of drug-likeness (QED) is 0.223. The summed E-state index contributed by atoms with van der Waals surface area (Å²) in [5.41, 5.74) is 6.80. The average Bonchev–Trinajstić information content (AvgIpc) is 3.36. The van der Waals surface area contributed by atoms with Crippen LogP contribution in [0.5, 0.6) is 5.75 Å². The minimum absolute atomic E-state index is 0.0539. The summed E-state index contributed by atoms with van der Waals surface area (Å²) in [4.78, 5) is 27.1. The lowest BCUT2D eigenvalue weighted by molar-refractivity contribution is -0.140. The van der Waals surface area contributed by atoms with Crippen molar-refractivity contribution in [2.75, 3.05) is 20.3 Å². The Kier molecular flexibility index (Phi) is 8.43. The lowest BCUT2D eigenvalue weighted by Crippen LogP contribution is -2.54. The topological polar surface area (TPSA) is 175 Å². The van der Waals surface area contributed by atoms with E-state index in [0.717, 1.165) is 5.56 Å². The van der Waals surface area contributed by atoms with Crippen LogP contribution in [-0.2, 0) is 26.2 Å². The molecule has 188 valence electrons. The highest BCUT2D eigenvalue weighted by Gasteiger charge is 2.38. The third-order valence-corrected chi connectivity index (χ3v) is 7.21. The second-order valence-electron chi connectivity index (χ2n) is 8.05. The first-order valence-electron chi connectivity index (χ1n) is 10.9. The Hall–Kier alpha value is -3.48. The molecule has 6 N–H and O–H groups in total. The number of nitrogens with zero attached hydrogens (tertiary/aromatic N) is 1. The molecule has 2 amide bonds. The zero-order chi connectivity index (χ0) is 25.6. The minimum Gasteiger partial charge on any atom is -0.497 e. The van der Waals surface area contributed by atoms with Gasteiger partial charge in [-0.1, -0.05) is 24.3 Å². The van der Waals surface area contributed by atoms with Crippen molar-refractivity contribution in [3.8, 4) is 5.75 Å². The third-order valence-electron chi connectivity index (χ3n) is 5.72. The predicted molar refractivity (Wildman–Crippen MR) is 128 cm³/mol. The van der Waals surface area contributed by atoms with E-state index in [9.17, 15) is 23.1 Å². The normalized spacial score (nSPS) is 16.5. The molecule has 0 bridgehead atoms. The molecule has 2 atom stereocenters. The SMILES string of the molecule is COc1ccc(S(=O)(=O)N[C@@H](CO)C(=O)N2CCC[C@H]2C(=O)NCc2ccc(C(=N)N)cc2)cc1. The molecule has 0 radical (unpaired) electrons. The molecule has 1 fully saturated rings. The Morgan fingerprint density at radius 1 is 1.20 bits per heavy atom. The van der Waals surface area contributed by atoms with Crippen molar-refractivity contribution in [2.24, 2.45) is 5.73 Å². The maximum absolute atomic E-state index is 13.1. The largest absolute Gasteiger partial charge is 0.497 e. The van der Waals surface area contributed by atoms with Gasteiger partial charge in [0.1, 0.15) is 23.7 Å². The number of sulfonamides is 1. The van der Waals surface area contributed by atoms with Gasteiger partial charge in [-0.2, -0.15) is 4.72 Å². The molecule has 11 nitrogen and oxygen atoms in total.